The molecule has 0 spiro atoms. The van der Waals surface area contributed by atoms with Crippen LogP contribution in [0.3, 0.4) is 0 Å². The quantitative estimate of drug-likeness (QED) is 0.852. The summed E-state index contributed by atoms with van der Waals surface area (Å²) in [6.07, 6.45) is 8.54. The third-order valence-electron chi connectivity index (χ3n) is 5.29. The fraction of sp³-hybridized carbons (Fsp3) is 0.600. The lowest BCUT2D eigenvalue weighted by molar-refractivity contribution is -0.124. The first-order valence-corrected chi connectivity index (χ1v) is 10.0. The maximum atomic E-state index is 12.1. The molecular formula is C20H29N5O2. The average Bonchev–Trinajstić information content (AvgIpc) is 3.33. The molecule has 1 saturated heterocycles. The van der Waals surface area contributed by atoms with E-state index < -0.39 is 5.41 Å². The Bertz CT molecular complexity index is 769. The van der Waals surface area contributed by atoms with Gasteiger partial charge in [-0.05, 0) is 38.3 Å². The van der Waals surface area contributed by atoms with E-state index in [1.807, 2.05) is 32.9 Å². The molecule has 4 rings (SSSR count). The second-order valence-corrected chi connectivity index (χ2v) is 7.13. The van der Waals surface area contributed by atoms with Gasteiger partial charge in [-0.3, -0.25) is 4.79 Å². The third kappa shape index (κ3) is 3.96. The molecule has 1 aliphatic heterocycles. The summed E-state index contributed by atoms with van der Waals surface area (Å²) in [5, 5.41) is 14.7. The Hall–Kier alpha value is -2.44. The molecule has 7 heteroatoms. The molecule has 2 aromatic heterocycles. The molecule has 7 nitrogen and oxygen atoms in total. The van der Waals surface area contributed by atoms with Gasteiger partial charge in [-0.1, -0.05) is 33.1 Å². The van der Waals surface area contributed by atoms with Gasteiger partial charge in [0.2, 0.25) is 11.8 Å². The van der Waals surface area contributed by atoms with Gasteiger partial charge < -0.3 is 15.1 Å². The molecule has 1 unspecified atom stereocenters. The summed E-state index contributed by atoms with van der Waals surface area (Å²) in [5.41, 5.74) is 0.0403. The van der Waals surface area contributed by atoms with Crippen LogP contribution in [-0.2, 0) is 10.2 Å². The van der Waals surface area contributed by atoms with E-state index in [9.17, 15) is 4.79 Å². The predicted molar refractivity (Wildman–Crippen MR) is 104 cm³/mol. The Morgan fingerprint density at radius 2 is 2.00 bits per heavy atom. The standard InChI is InChI=1S/C18H23N5O2.C2H6/c1-18(9-11-20-16(18)24)17-23-22-15(25-17)13-8-5-10-19-14(13)21-12-6-3-2-4-7-12;1-2/h5,8,10,12H,2-4,6-7,9,11H2,1H3,(H,19,21)(H,20,24);1-2H3. The van der Waals surface area contributed by atoms with E-state index in [-0.39, 0.29) is 5.91 Å². The van der Waals surface area contributed by atoms with Crippen LogP contribution in [0.4, 0.5) is 5.82 Å². The smallest absolute Gasteiger partial charge is 0.251 e. The monoisotopic (exact) mass is 371 g/mol. The first-order chi connectivity index (χ1) is 13.2. The van der Waals surface area contributed by atoms with Crippen molar-refractivity contribution in [2.45, 2.75) is 70.8 Å². The van der Waals surface area contributed by atoms with Crippen molar-refractivity contribution in [3.63, 3.8) is 0 Å². The van der Waals surface area contributed by atoms with Crippen molar-refractivity contribution in [2.75, 3.05) is 11.9 Å². The van der Waals surface area contributed by atoms with Crippen LogP contribution in [0.2, 0.25) is 0 Å². The highest BCUT2D eigenvalue weighted by molar-refractivity contribution is 5.88. The minimum Gasteiger partial charge on any atom is -0.419 e. The highest BCUT2D eigenvalue weighted by Gasteiger charge is 2.44. The minimum absolute atomic E-state index is 0.0607. The molecule has 3 heterocycles. The molecule has 0 aromatic carbocycles. The maximum Gasteiger partial charge on any atom is 0.251 e. The minimum atomic E-state index is -0.746. The van der Waals surface area contributed by atoms with Gasteiger partial charge in [0.1, 0.15) is 11.2 Å². The fourth-order valence-electron chi connectivity index (χ4n) is 3.63. The van der Waals surface area contributed by atoms with Crippen LogP contribution in [0.25, 0.3) is 11.5 Å². The number of hydrogen-bond acceptors (Lipinski definition) is 6. The van der Waals surface area contributed by atoms with Crippen LogP contribution >= 0.6 is 0 Å². The lowest BCUT2D eigenvalue weighted by atomic mass is 9.89. The molecule has 1 aliphatic carbocycles. The first kappa shape index (κ1) is 19.3. The third-order valence-corrected chi connectivity index (χ3v) is 5.29. The fourth-order valence-corrected chi connectivity index (χ4v) is 3.63. The summed E-state index contributed by atoms with van der Waals surface area (Å²) in [6, 6.07) is 4.21. The Balaban J connectivity index is 0.00000102. The summed E-state index contributed by atoms with van der Waals surface area (Å²) >= 11 is 0. The average molecular weight is 371 g/mol. The maximum absolute atomic E-state index is 12.1. The van der Waals surface area contributed by atoms with E-state index in [1.165, 1.54) is 19.3 Å². The molecule has 1 atom stereocenters. The molecule has 2 aromatic rings. The lowest BCUT2D eigenvalue weighted by Crippen LogP contribution is -2.32. The number of rotatable bonds is 4. The highest BCUT2D eigenvalue weighted by atomic mass is 16.4. The number of amides is 1. The number of pyridine rings is 1. The summed E-state index contributed by atoms with van der Waals surface area (Å²) < 4.78 is 5.89. The van der Waals surface area contributed by atoms with Crippen LogP contribution < -0.4 is 10.6 Å². The largest absolute Gasteiger partial charge is 0.419 e. The number of carbonyl (C=O) groups excluding carboxylic acids is 1. The molecule has 27 heavy (non-hydrogen) atoms. The molecule has 2 N–H and O–H groups in total. The topological polar surface area (TPSA) is 92.9 Å². The van der Waals surface area contributed by atoms with Crippen molar-refractivity contribution in [2.24, 2.45) is 0 Å². The van der Waals surface area contributed by atoms with Crippen LogP contribution in [0, 0.1) is 0 Å². The molecule has 1 amide bonds. The number of nitrogens with zero attached hydrogens (tertiary/aromatic N) is 3. The summed E-state index contributed by atoms with van der Waals surface area (Å²) in [7, 11) is 0. The van der Waals surface area contributed by atoms with Gasteiger partial charge in [-0.2, -0.15) is 0 Å². The van der Waals surface area contributed by atoms with Crippen molar-refractivity contribution in [3.8, 4) is 11.5 Å². The van der Waals surface area contributed by atoms with Gasteiger partial charge in [0, 0.05) is 18.8 Å². The zero-order chi connectivity index (χ0) is 19.3. The van der Waals surface area contributed by atoms with Crippen molar-refractivity contribution < 1.29 is 9.21 Å². The molecular weight excluding hydrogens is 342 g/mol. The Labute approximate surface area is 160 Å². The Kier molecular flexibility index (Phi) is 6.08. The highest BCUT2D eigenvalue weighted by Crippen LogP contribution is 2.34. The summed E-state index contributed by atoms with van der Waals surface area (Å²) in [6.45, 7) is 6.48. The molecule has 1 saturated carbocycles. The SMILES string of the molecule is CC.CC1(c2nnc(-c3cccnc3NC3CCCCC3)o2)CCNC1=O. The second-order valence-electron chi connectivity index (χ2n) is 7.13. The normalized spacial score (nSPS) is 22.7. The zero-order valence-electron chi connectivity index (χ0n) is 16.4. The molecule has 2 aliphatic rings. The number of hydrogen-bond donors (Lipinski definition) is 2. The van der Waals surface area contributed by atoms with Crippen molar-refractivity contribution in [3.05, 3.63) is 24.2 Å². The van der Waals surface area contributed by atoms with Crippen molar-refractivity contribution in [1.82, 2.24) is 20.5 Å². The summed E-state index contributed by atoms with van der Waals surface area (Å²) in [4.78, 5) is 16.6. The van der Waals surface area contributed by atoms with Gasteiger partial charge in [-0.15, -0.1) is 10.2 Å². The van der Waals surface area contributed by atoms with E-state index in [2.05, 4.69) is 25.8 Å². The van der Waals surface area contributed by atoms with E-state index in [4.69, 9.17) is 4.42 Å². The zero-order valence-corrected chi connectivity index (χ0v) is 16.4. The van der Waals surface area contributed by atoms with Crippen LogP contribution in [0.15, 0.2) is 22.7 Å². The summed E-state index contributed by atoms with van der Waals surface area (Å²) in [5.74, 6) is 1.48. The Morgan fingerprint density at radius 1 is 1.22 bits per heavy atom. The molecule has 0 radical (unpaired) electrons. The van der Waals surface area contributed by atoms with Gasteiger partial charge >= 0.3 is 0 Å². The number of carbonyl (C=O) groups is 1. The number of nitrogens with one attached hydrogen (secondary N) is 2. The van der Waals surface area contributed by atoms with Crippen molar-refractivity contribution >= 4 is 11.7 Å². The van der Waals surface area contributed by atoms with E-state index >= 15 is 0 Å². The van der Waals surface area contributed by atoms with Crippen LogP contribution in [0.1, 0.15) is 65.2 Å². The molecule has 2 fully saturated rings. The van der Waals surface area contributed by atoms with Crippen LogP contribution in [0.5, 0.6) is 0 Å². The predicted octanol–water partition coefficient (Wildman–Crippen LogP) is 3.68. The lowest BCUT2D eigenvalue weighted by Gasteiger charge is -2.23. The Morgan fingerprint density at radius 3 is 2.70 bits per heavy atom. The van der Waals surface area contributed by atoms with Gasteiger partial charge in [0.05, 0.1) is 5.56 Å². The van der Waals surface area contributed by atoms with E-state index in [1.54, 1.807) is 6.20 Å². The number of aromatic nitrogens is 3. The van der Waals surface area contributed by atoms with Crippen molar-refractivity contribution in [1.29, 1.82) is 0 Å². The van der Waals surface area contributed by atoms with Gasteiger partial charge in [0.25, 0.3) is 5.89 Å². The first-order valence-electron chi connectivity index (χ1n) is 10.0. The van der Waals surface area contributed by atoms with E-state index in [0.29, 0.717) is 30.8 Å². The van der Waals surface area contributed by atoms with Gasteiger partial charge in [0.15, 0.2) is 0 Å². The van der Waals surface area contributed by atoms with E-state index in [0.717, 1.165) is 24.2 Å². The molecule has 146 valence electrons. The number of anilines is 1. The van der Waals surface area contributed by atoms with Crippen LogP contribution in [-0.4, -0.2) is 33.7 Å². The second kappa shape index (κ2) is 8.50. The van der Waals surface area contributed by atoms with Gasteiger partial charge in [-0.25, -0.2) is 4.98 Å². The molecule has 0 bridgehead atoms.